The van der Waals surface area contributed by atoms with Crippen molar-refractivity contribution in [2.45, 2.75) is 43.3 Å². The molecule has 1 atom stereocenters. The van der Waals surface area contributed by atoms with Crippen LogP contribution in [0.1, 0.15) is 54.6 Å². The highest BCUT2D eigenvalue weighted by atomic mass is 32.2. The van der Waals surface area contributed by atoms with Crippen LogP contribution < -0.4 is 16.0 Å². The molecule has 0 bridgehead atoms. The van der Waals surface area contributed by atoms with Crippen LogP contribution in [0, 0.1) is 5.82 Å². The monoisotopic (exact) mass is 595 g/mol. The number of anilines is 2. The fourth-order valence-corrected chi connectivity index (χ4v) is 5.19. The first-order valence-electron chi connectivity index (χ1n) is 14.0. The van der Waals surface area contributed by atoms with Gasteiger partial charge in [0.25, 0.3) is 11.8 Å². The predicted molar refractivity (Wildman–Crippen MR) is 172 cm³/mol. The van der Waals surface area contributed by atoms with Crippen molar-refractivity contribution in [2.24, 2.45) is 0 Å². The summed E-state index contributed by atoms with van der Waals surface area (Å²) in [4.78, 5) is 40.1. The standard InChI is InChI=1S/C35H34FN3O3S/c1-4-32(35(42)37-28-19-17-27(36)18-20-28)43-30-12-8-11-29(22-30)38-34(41)31(39-33(40)26-9-6-5-7-10-26)21-24-13-15-25(16-14-24)23(2)3/h5-23,32H,4H2,1-3H3,(H,37,42)(H,38,41)(H,39,40)/b31-21+. The molecule has 0 saturated heterocycles. The third kappa shape index (κ3) is 9.15. The topological polar surface area (TPSA) is 87.3 Å². The number of amides is 3. The molecule has 0 aliphatic rings. The lowest BCUT2D eigenvalue weighted by Crippen LogP contribution is -2.30. The molecular weight excluding hydrogens is 561 g/mol. The maximum absolute atomic E-state index is 13.5. The Morgan fingerprint density at radius 3 is 2.16 bits per heavy atom. The Kier molecular flexibility index (Phi) is 10.9. The molecule has 0 aliphatic carbocycles. The number of carbonyl (C=O) groups excluding carboxylic acids is 3. The highest BCUT2D eigenvalue weighted by molar-refractivity contribution is 8.00. The summed E-state index contributed by atoms with van der Waals surface area (Å²) < 4.78 is 13.2. The van der Waals surface area contributed by atoms with Gasteiger partial charge in [0.1, 0.15) is 11.5 Å². The van der Waals surface area contributed by atoms with Crippen LogP contribution in [0.4, 0.5) is 15.8 Å². The van der Waals surface area contributed by atoms with Crippen molar-refractivity contribution < 1.29 is 18.8 Å². The summed E-state index contributed by atoms with van der Waals surface area (Å²) in [5.41, 5.74) is 3.49. The van der Waals surface area contributed by atoms with Crippen LogP contribution in [0.3, 0.4) is 0 Å². The third-order valence-electron chi connectivity index (χ3n) is 6.59. The van der Waals surface area contributed by atoms with Crippen molar-refractivity contribution in [3.05, 3.63) is 131 Å². The van der Waals surface area contributed by atoms with E-state index in [1.807, 2.05) is 43.3 Å². The van der Waals surface area contributed by atoms with Crippen molar-refractivity contribution in [2.75, 3.05) is 10.6 Å². The maximum atomic E-state index is 13.5. The van der Waals surface area contributed by atoms with Gasteiger partial charge in [0.15, 0.2) is 0 Å². The van der Waals surface area contributed by atoms with E-state index in [-0.39, 0.29) is 17.4 Å². The first-order chi connectivity index (χ1) is 20.7. The van der Waals surface area contributed by atoms with Crippen molar-refractivity contribution in [1.29, 1.82) is 0 Å². The summed E-state index contributed by atoms with van der Waals surface area (Å²) in [5, 5.41) is 8.06. The molecule has 8 heteroatoms. The first-order valence-corrected chi connectivity index (χ1v) is 14.9. The minimum atomic E-state index is -0.486. The number of rotatable bonds is 11. The van der Waals surface area contributed by atoms with Crippen LogP contribution in [-0.4, -0.2) is 23.0 Å². The molecule has 0 aliphatic heterocycles. The lowest BCUT2D eigenvalue weighted by molar-refractivity contribution is -0.116. The molecule has 0 radical (unpaired) electrons. The Hall–Kier alpha value is -4.69. The molecule has 0 saturated carbocycles. The maximum Gasteiger partial charge on any atom is 0.272 e. The fourth-order valence-electron chi connectivity index (χ4n) is 4.17. The predicted octanol–water partition coefficient (Wildman–Crippen LogP) is 7.87. The molecule has 0 spiro atoms. The van der Waals surface area contributed by atoms with Crippen LogP contribution in [0.5, 0.6) is 0 Å². The van der Waals surface area contributed by atoms with Crippen LogP contribution in [0.2, 0.25) is 0 Å². The summed E-state index contributed by atoms with van der Waals surface area (Å²) in [5.74, 6) is -1.10. The van der Waals surface area contributed by atoms with E-state index in [1.165, 1.54) is 41.6 Å². The van der Waals surface area contributed by atoms with Crippen LogP contribution >= 0.6 is 11.8 Å². The lowest BCUT2D eigenvalue weighted by atomic mass is 10.0. The van der Waals surface area contributed by atoms with E-state index in [2.05, 4.69) is 29.8 Å². The summed E-state index contributed by atoms with van der Waals surface area (Å²) >= 11 is 1.36. The molecule has 220 valence electrons. The average Bonchev–Trinajstić information content (AvgIpc) is 3.01. The lowest BCUT2D eigenvalue weighted by Gasteiger charge is -2.16. The van der Waals surface area contributed by atoms with Crippen molar-refractivity contribution in [3.63, 3.8) is 0 Å². The molecular formula is C35H34FN3O3S. The van der Waals surface area contributed by atoms with Gasteiger partial charge in [0.2, 0.25) is 5.91 Å². The van der Waals surface area contributed by atoms with Crippen LogP contribution in [0.15, 0.2) is 114 Å². The molecule has 0 aromatic heterocycles. The molecule has 3 N–H and O–H groups in total. The number of carbonyl (C=O) groups is 3. The van der Waals surface area contributed by atoms with Gasteiger partial charge < -0.3 is 16.0 Å². The Labute approximate surface area is 255 Å². The van der Waals surface area contributed by atoms with Crippen LogP contribution in [-0.2, 0) is 9.59 Å². The van der Waals surface area contributed by atoms with E-state index in [1.54, 1.807) is 48.5 Å². The summed E-state index contributed by atoms with van der Waals surface area (Å²) in [6.45, 7) is 6.13. The highest BCUT2D eigenvalue weighted by Crippen LogP contribution is 2.29. The molecule has 0 heterocycles. The number of thioether (sulfide) groups is 1. The smallest absolute Gasteiger partial charge is 0.272 e. The number of benzene rings is 4. The molecule has 6 nitrogen and oxygen atoms in total. The van der Waals surface area contributed by atoms with Gasteiger partial charge in [-0.1, -0.05) is 69.3 Å². The molecule has 4 aromatic carbocycles. The quantitative estimate of drug-likeness (QED) is 0.122. The normalized spacial score (nSPS) is 12.0. The van der Waals surface area contributed by atoms with Gasteiger partial charge in [-0.05, 0) is 84.1 Å². The van der Waals surface area contributed by atoms with Crippen molar-refractivity contribution >= 4 is 46.9 Å². The van der Waals surface area contributed by atoms with E-state index in [9.17, 15) is 18.8 Å². The molecule has 4 rings (SSSR count). The van der Waals surface area contributed by atoms with Gasteiger partial charge >= 0.3 is 0 Å². The first kappa shape index (κ1) is 31.3. The second-order valence-corrected chi connectivity index (χ2v) is 11.5. The Morgan fingerprint density at radius 2 is 1.51 bits per heavy atom. The zero-order chi connectivity index (χ0) is 30.8. The Bertz CT molecular complexity index is 1590. The fraction of sp³-hybridized carbons (Fsp3) is 0.171. The number of hydrogen-bond acceptors (Lipinski definition) is 4. The van der Waals surface area contributed by atoms with Gasteiger partial charge in [-0.25, -0.2) is 4.39 Å². The zero-order valence-electron chi connectivity index (χ0n) is 24.3. The molecule has 1 unspecified atom stereocenters. The van der Waals surface area contributed by atoms with Gasteiger partial charge in [0.05, 0.1) is 5.25 Å². The number of halogens is 1. The number of hydrogen-bond donors (Lipinski definition) is 3. The zero-order valence-corrected chi connectivity index (χ0v) is 25.1. The summed E-state index contributed by atoms with van der Waals surface area (Å²) in [6, 6.07) is 29.3. The molecule has 4 aromatic rings. The Balaban J connectivity index is 1.51. The van der Waals surface area contributed by atoms with Gasteiger partial charge in [0, 0.05) is 21.8 Å². The molecule has 3 amide bonds. The summed E-state index contributed by atoms with van der Waals surface area (Å²) in [6.07, 6.45) is 2.20. The van der Waals surface area contributed by atoms with Crippen molar-refractivity contribution in [1.82, 2.24) is 5.32 Å². The minimum absolute atomic E-state index is 0.0920. The van der Waals surface area contributed by atoms with E-state index < -0.39 is 17.1 Å². The highest BCUT2D eigenvalue weighted by Gasteiger charge is 2.19. The van der Waals surface area contributed by atoms with Crippen molar-refractivity contribution in [3.8, 4) is 0 Å². The average molecular weight is 596 g/mol. The molecule has 0 fully saturated rings. The van der Waals surface area contributed by atoms with Gasteiger partial charge in [-0.15, -0.1) is 11.8 Å². The SMILES string of the molecule is CCC(Sc1cccc(NC(=O)/C(=C\c2ccc(C(C)C)cc2)NC(=O)c2ccccc2)c1)C(=O)Nc1ccc(F)cc1. The number of nitrogens with one attached hydrogen (secondary N) is 3. The second-order valence-electron chi connectivity index (χ2n) is 10.2. The van der Waals surface area contributed by atoms with Gasteiger partial charge in [-0.3, -0.25) is 14.4 Å². The Morgan fingerprint density at radius 1 is 0.814 bits per heavy atom. The van der Waals surface area contributed by atoms with E-state index in [4.69, 9.17) is 0 Å². The largest absolute Gasteiger partial charge is 0.325 e. The van der Waals surface area contributed by atoms with E-state index >= 15 is 0 Å². The van der Waals surface area contributed by atoms with E-state index in [0.29, 0.717) is 29.3 Å². The second kappa shape index (κ2) is 15.0. The van der Waals surface area contributed by atoms with E-state index in [0.717, 1.165) is 10.5 Å². The molecule has 43 heavy (non-hydrogen) atoms. The van der Waals surface area contributed by atoms with Gasteiger partial charge in [-0.2, -0.15) is 0 Å². The minimum Gasteiger partial charge on any atom is -0.325 e. The third-order valence-corrected chi connectivity index (χ3v) is 7.95. The van der Waals surface area contributed by atoms with Crippen LogP contribution in [0.25, 0.3) is 6.08 Å². The summed E-state index contributed by atoms with van der Waals surface area (Å²) in [7, 11) is 0.